The molecule has 3 rings (SSSR count). The first-order chi connectivity index (χ1) is 11.7. The van der Waals surface area contributed by atoms with Crippen LogP contribution >= 0.6 is 0 Å². The van der Waals surface area contributed by atoms with Crippen molar-refractivity contribution in [2.75, 3.05) is 11.4 Å². The number of anilines is 1. The molecule has 1 unspecified atom stereocenters. The molecule has 2 aromatic rings. The molecule has 1 heterocycles. The number of nitrogens with zero attached hydrogens (tertiary/aromatic N) is 2. The van der Waals surface area contributed by atoms with Crippen LogP contribution in [-0.2, 0) is 11.3 Å². The van der Waals surface area contributed by atoms with Gasteiger partial charge in [0.2, 0.25) is 5.91 Å². The Kier molecular flexibility index (Phi) is 4.93. The van der Waals surface area contributed by atoms with E-state index in [-0.39, 0.29) is 11.9 Å². The van der Waals surface area contributed by atoms with Gasteiger partial charge in [-0.25, -0.2) is 0 Å². The fourth-order valence-corrected chi connectivity index (χ4v) is 3.00. The Balaban J connectivity index is 1.61. The molecule has 0 spiro atoms. The molecule has 0 bridgehead atoms. The van der Waals surface area contributed by atoms with E-state index in [1.165, 1.54) is 5.56 Å². The van der Waals surface area contributed by atoms with E-state index >= 15 is 0 Å². The molecule has 1 aliphatic rings. The lowest BCUT2D eigenvalue weighted by atomic mass is 10.1. The van der Waals surface area contributed by atoms with Crippen LogP contribution in [0.4, 0.5) is 5.69 Å². The molecular formula is C20H21N3O. The highest BCUT2D eigenvalue weighted by Crippen LogP contribution is 2.23. The van der Waals surface area contributed by atoms with Crippen LogP contribution in [0.2, 0.25) is 0 Å². The van der Waals surface area contributed by atoms with Crippen molar-refractivity contribution in [1.82, 2.24) is 5.32 Å². The van der Waals surface area contributed by atoms with Gasteiger partial charge in [-0.1, -0.05) is 24.3 Å². The summed E-state index contributed by atoms with van der Waals surface area (Å²) >= 11 is 0. The van der Waals surface area contributed by atoms with E-state index in [1.807, 2.05) is 41.3 Å². The fourth-order valence-electron chi connectivity index (χ4n) is 3.00. The molecule has 1 aliphatic heterocycles. The van der Waals surface area contributed by atoms with E-state index < -0.39 is 0 Å². The number of benzene rings is 2. The second-order valence-corrected chi connectivity index (χ2v) is 6.16. The van der Waals surface area contributed by atoms with Gasteiger partial charge >= 0.3 is 0 Å². The summed E-state index contributed by atoms with van der Waals surface area (Å²) in [6.45, 7) is 3.65. The molecule has 1 N–H and O–H groups in total. The van der Waals surface area contributed by atoms with Crippen LogP contribution < -0.4 is 10.2 Å². The van der Waals surface area contributed by atoms with Crippen molar-refractivity contribution in [3.8, 4) is 6.07 Å². The van der Waals surface area contributed by atoms with E-state index in [4.69, 9.17) is 5.26 Å². The fraction of sp³-hybridized carbons (Fsp3) is 0.300. The molecular weight excluding hydrogens is 298 g/mol. The number of hydrogen-bond acceptors (Lipinski definition) is 3. The van der Waals surface area contributed by atoms with Gasteiger partial charge in [0, 0.05) is 31.2 Å². The lowest BCUT2D eigenvalue weighted by molar-refractivity contribution is -0.117. The Hall–Kier alpha value is -2.64. The SMILES string of the molecule is CC(NCc1cccc(C#N)c1)c1ccc(N2CCCC2=O)cc1. The molecule has 0 saturated carbocycles. The van der Waals surface area contributed by atoms with E-state index in [1.54, 1.807) is 0 Å². The van der Waals surface area contributed by atoms with Gasteiger partial charge in [-0.05, 0) is 48.7 Å². The van der Waals surface area contributed by atoms with Crippen molar-refractivity contribution < 1.29 is 4.79 Å². The lowest BCUT2D eigenvalue weighted by Gasteiger charge is -2.18. The summed E-state index contributed by atoms with van der Waals surface area (Å²) in [5.74, 6) is 0.214. The number of nitrogens with one attached hydrogen (secondary N) is 1. The quantitative estimate of drug-likeness (QED) is 0.917. The molecule has 0 aromatic heterocycles. The van der Waals surface area contributed by atoms with Crippen LogP contribution in [0.25, 0.3) is 0 Å². The van der Waals surface area contributed by atoms with Crippen molar-refractivity contribution in [3.05, 3.63) is 65.2 Å². The van der Waals surface area contributed by atoms with Crippen molar-refractivity contribution >= 4 is 11.6 Å². The summed E-state index contributed by atoms with van der Waals surface area (Å²) < 4.78 is 0. The van der Waals surface area contributed by atoms with Crippen LogP contribution in [0.1, 0.15) is 42.5 Å². The Morgan fingerprint density at radius 1 is 1.25 bits per heavy atom. The van der Waals surface area contributed by atoms with E-state index in [2.05, 4.69) is 30.4 Å². The lowest BCUT2D eigenvalue weighted by Crippen LogP contribution is -2.23. The van der Waals surface area contributed by atoms with Gasteiger partial charge in [-0.2, -0.15) is 5.26 Å². The number of amides is 1. The highest BCUT2D eigenvalue weighted by atomic mass is 16.2. The molecule has 4 heteroatoms. The summed E-state index contributed by atoms with van der Waals surface area (Å²) in [5.41, 5.74) is 3.94. The normalized spacial score (nSPS) is 15.3. The first-order valence-corrected chi connectivity index (χ1v) is 8.30. The minimum absolute atomic E-state index is 0.194. The Labute approximate surface area is 142 Å². The zero-order valence-corrected chi connectivity index (χ0v) is 13.8. The topological polar surface area (TPSA) is 56.1 Å². The predicted molar refractivity (Wildman–Crippen MR) is 94.4 cm³/mol. The minimum Gasteiger partial charge on any atom is -0.312 e. The minimum atomic E-state index is 0.194. The molecule has 1 amide bonds. The van der Waals surface area contributed by atoms with Gasteiger partial charge in [-0.3, -0.25) is 4.79 Å². The van der Waals surface area contributed by atoms with Gasteiger partial charge in [0.1, 0.15) is 0 Å². The molecule has 1 atom stereocenters. The average molecular weight is 319 g/mol. The zero-order chi connectivity index (χ0) is 16.9. The third-order valence-electron chi connectivity index (χ3n) is 4.45. The van der Waals surface area contributed by atoms with Gasteiger partial charge in [0.15, 0.2) is 0 Å². The van der Waals surface area contributed by atoms with Crippen molar-refractivity contribution in [3.63, 3.8) is 0 Å². The molecule has 0 aliphatic carbocycles. The number of nitriles is 1. The highest BCUT2D eigenvalue weighted by Gasteiger charge is 2.21. The van der Waals surface area contributed by atoms with Crippen molar-refractivity contribution in [2.45, 2.75) is 32.4 Å². The predicted octanol–water partition coefficient (Wildman–Crippen LogP) is 3.54. The summed E-state index contributed by atoms with van der Waals surface area (Å²) in [4.78, 5) is 13.7. The third kappa shape index (κ3) is 3.64. The van der Waals surface area contributed by atoms with E-state index in [9.17, 15) is 4.79 Å². The summed E-state index contributed by atoms with van der Waals surface area (Å²) in [6, 6.07) is 18.2. The first kappa shape index (κ1) is 16.2. The maximum atomic E-state index is 11.8. The molecule has 2 aromatic carbocycles. The van der Waals surface area contributed by atoms with Crippen molar-refractivity contribution in [1.29, 1.82) is 5.26 Å². The summed E-state index contributed by atoms with van der Waals surface area (Å²) in [5, 5.41) is 12.4. The second kappa shape index (κ2) is 7.29. The van der Waals surface area contributed by atoms with Gasteiger partial charge in [0.05, 0.1) is 11.6 Å². The average Bonchev–Trinajstić information content (AvgIpc) is 3.06. The summed E-state index contributed by atoms with van der Waals surface area (Å²) in [6.07, 6.45) is 1.60. The Bertz CT molecular complexity index is 761. The molecule has 24 heavy (non-hydrogen) atoms. The standard InChI is InChI=1S/C20H21N3O/c1-15(22-14-17-5-2-4-16(12-17)13-21)18-7-9-19(10-8-18)23-11-3-6-20(23)24/h2,4-5,7-10,12,15,22H,3,6,11,14H2,1H3. The zero-order valence-electron chi connectivity index (χ0n) is 13.8. The number of rotatable bonds is 5. The monoisotopic (exact) mass is 319 g/mol. The second-order valence-electron chi connectivity index (χ2n) is 6.16. The molecule has 122 valence electrons. The maximum Gasteiger partial charge on any atom is 0.227 e. The number of hydrogen-bond donors (Lipinski definition) is 1. The number of carbonyl (C=O) groups excluding carboxylic acids is 1. The van der Waals surface area contributed by atoms with Gasteiger partial charge in [0.25, 0.3) is 0 Å². The first-order valence-electron chi connectivity index (χ1n) is 8.30. The summed E-state index contributed by atoms with van der Waals surface area (Å²) in [7, 11) is 0. The van der Waals surface area contributed by atoms with Gasteiger partial charge in [-0.15, -0.1) is 0 Å². The Morgan fingerprint density at radius 2 is 2.04 bits per heavy atom. The Morgan fingerprint density at radius 3 is 2.71 bits per heavy atom. The number of carbonyl (C=O) groups is 1. The molecule has 0 radical (unpaired) electrons. The molecule has 1 fully saturated rings. The maximum absolute atomic E-state index is 11.8. The van der Waals surface area contributed by atoms with Crippen LogP contribution in [0.15, 0.2) is 48.5 Å². The van der Waals surface area contributed by atoms with Gasteiger partial charge < -0.3 is 10.2 Å². The smallest absolute Gasteiger partial charge is 0.227 e. The van der Waals surface area contributed by atoms with Crippen LogP contribution in [0.3, 0.4) is 0 Å². The molecule has 4 nitrogen and oxygen atoms in total. The highest BCUT2D eigenvalue weighted by molar-refractivity contribution is 5.95. The third-order valence-corrected chi connectivity index (χ3v) is 4.45. The van der Waals surface area contributed by atoms with Crippen LogP contribution in [0.5, 0.6) is 0 Å². The van der Waals surface area contributed by atoms with Crippen LogP contribution in [-0.4, -0.2) is 12.5 Å². The molecule has 1 saturated heterocycles. The van der Waals surface area contributed by atoms with E-state index in [0.29, 0.717) is 18.5 Å². The van der Waals surface area contributed by atoms with Crippen molar-refractivity contribution in [2.24, 2.45) is 0 Å². The van der Waals surface area contributed by atoms with Crippen LogP contribution in [0, 0.1) is 11.3 Å². The van der Waals surface area contributed by atoms with E-state index in [0.717, 1.165) is 24.2 Å². The largest absolute Gasteiger partial charge is 0.312 e.